The second-order valence-corrected chi connectivity index (χ2v) is 2.90. The molecular weight excluding hydrogens is 134 g/mol. The van der Waals surface area contributed by atoms with Gasteiger partial charge in [0.1, 0.15) is 0 Å². The Morgan fingerprint density at radius 3 is 1.78 bits per heavy atom. The second-order valence-electron chi connectivity index (χ2n) is 2.90. The Kier molecular flexibility index (Phi) is 4.24. The average Bonchev–Trinajstić information content (AvgIpc) is 1.64. The molecule has 1 rings (SSSR count). The molecule has 0 spiro atoms. The van der Waals surface area contributed by atoms with E-state index in [9.17, 15) is 0 Å². The second kappa shape index (κ2) is 4.13. The zero-order chi connectivity index (χ0) is 5.98. The van der Waals surface area contributed by atoms with Crippen molar-refractivity contribution >= 4 is 12.4 Å². The summed E-state index contributed by atoms with van der Waals surface area (Å²) in [5.74, 6) is 0. The van der Waals surface area contributed by atoms with E-state index in [-0.39, 0.29) is 12.4 Å². The first kappa shape index (κ1) is 9.25. The van der Waals surface area contributed by atoms with Crippen LogP contribution in [0.25, 0.3) is 0 Å². The highest BCUT2D eigenvalue weighted by Crippen LogP contribution is 2.10. The predicted molar refractivity (Wildman–Crippen MR) is 43.2 cm³/mol. The molecule has 1 aliphatic rings. The smallest absolute Gasteiger partial charge is 0.00412 e. The molecule has 1 saturated heterocycles. The van der Waals surface area contributed by atoms with Crippen LogP contribution in [0.2, 0.25) is 0 Å². The highest BCUT2D eigenvalue weighted by atomic mass is 35.5. The summed E-state index contributed by atoms with van der Waals surface area (Å²) in [5, 5.41) is 3.48. The van der Waals surface area contributed by atoms with Gasteiger partial charge in [-0.15, -0.1) is 12.4 Å². The lowest BCUT2D eigenvalue weighted by atomic mass is 10.0. The zero-order valence-electron chi connectivity index (χ0n) is 6.18. The van der Waals surface area contributed by atoms with Gasteiger partial charge in [-0.2, -0.15) is 0 Å². The molecule has 0 radical (unpaired) electrons. The lowest BCUT2D eigenvalue weighted by molar-refractivity contribution is 0.352. The molecule has 1 N–H and O–H groups in total. The largest absolute Gasteiger partial charge is 0.312 e. The quantitative estimate of drug-likeness (QED) is 0.555. The molecule has 9 heavy (non-hydrogen) atoms. The van der Waals surface area contributed by atoms with Gasteiger partial charge in [0.15, 0.2) is 0 Å². The van der Waals surface area contributed by atoms with Gasteiger partial charge < -0.3 is 5.32 Å². The van der Waals surface area contributed by atoms with E-state index in [0.29, 0.717) is 0 Å². The van der Waals surface area contributed by atoms with Crippen LogP contribution < -0.4 is 5.32 Å². The highest BCUT2D eigenvalue weighted by molar-refractivity contribution is 5.85. The van der Waals surface area contributed by atoms with Crippen LogP contribution in [0.1, 0.15) is 33.1 Å². The molecule has 0 saturated carbocycles. The number of hydrogen-bond acceptors (Lipinski definition) is 1. The van der Waals surface area contributed by atoms with Gasteiger partial charge in [0, 0.05) is 12.1 Å². The maximum Gasteiger partial charge on any atom is 0.00412 e. The standard InChI is InChI=1S/C7H15N.ClH/c1-6-4-3-5-7(2)8-6;/h6-8H,3-5H2,1-2H3;1H/t6-,7+;. The highest BCUT2D eigenvalue weighted by Gasteiger charge is 2.11. The molecule has 0 unspecified atom stereocenters. The molecule has 0 aromatic heterocycles. The Bertz CT molecular complexity index is 67.3. The molecule has 0 aliphatic carbocycles. The van der Waals surface area contributed by atoms with Crippen molar-refractivity contribution in [1.82, 2.24) is 5.32 Å². The third kappa shape index (κ3) is 3.07. The van der Waals surface area contributed by atoms with Crippen LogP contribution in [-0.2, 0) is 0 Å². The van der Waals surface area contributed by atoms with E-state index in [1.807, 2.05) is 0 Å². The third-order valence-corrected chi connectivity index (χ3v) is 1.84. The SMILES string of the molecule is C[C@@H]1CCC[C@H](C)N1.Cl. The molecule has 0 aromatic rings. The van der Waals surface area contributed by atoms with E-state index >= 15 is 0 Å². The van der Waals surface area contributed by atoms with Crippen molar-refractivity contribution in [2.45, 2.75) is 45.2 Å². The number of hydrogen-bond donors (Lipinski definition) is 1. The Labute approximate surface area is 63.6 Å². The third-order valence-electron chi connectivity index (χ3n) is 1.84. The summed E-state index contributed by atoms with van der Waals surface area (Å²) < 4.78 is 0. The summed E-state index contributed by atoms with van der Waals surface area (Å²) >= 11 is 0. The van der Waals surface area contributed by atoms with Gasteiger partial charge in [0.2, 0.25) is 0 Å². The molecule has 2 atom stereocenters. The Morgan fingerprint density at radius 1 is 1.11 bits per heavy atom. The fourth-order valence-electron chi connectivity index (χ4n) is 1.38. The van der Waals surface area contributed by atoms with Gasteiger partial charge in [-0.3, -0.25) is 0 Å². The van der Waals surface area contributed by atoms with Gasteiger partial charge >= 0.3 is 0 Å². The Hall–Kier alpha value is 0.250. The molecular formula is C7H16ClN. The summed E-state index contributed by atoms with van der Waals surface area (Å²) in [4.78, 5) is 0. The number of rotatable bonds is 0. The maximum atomic E-state index is 3.48. The van der Waals surface area contributed by atoms with Crippen LogP contribution in [0.4, 0.5) is 0 Å². The van der Waals surface area contributed by atoms with E-state index in [0.717, 1.165) is 12.1 Å². The van der Waals surface area contributed by atoms with Gasteiger partial charge in [-0.25, -0.2) is 0 Å². The van der Waals surface area contributed by atoms with Crippen molar-refractivity contribution in [3.8, 4) is 0 Å². The predicted octanol–water partition coefficient (Wildman–Crippen LogP) is 1.96. The van der Waals surface area contributed by atoms with Gasteiger partial charge in [-0.1, -0.05) is 6.42 Å². The van der Waals surface area contributed by atoms with Crippen molar-refractivity contribution in [3.05, 3.63) is 0 Å². The minimum atomic E-state index is 0. The van der Waals surface area contributed by atoms with E-state index in [2.05, 4.69) is 19.2 Å². The lowest BCUT2D eigenvalue weighted by Crippen LogP contribution is -2.38. The summed E-state index contributed by atoms with van der Waals surface area (Å²) in [6.45, 7) is 4.52. The summed E-state index contributed by atoms with van der Waals surface area (Å²) in [5.41, 5.74) is 0. The van der Waals surface area contributed by atoms with Crippen LogP contribution in [0, 0.1) is 0 Å². The fraction of sp³-hybridized carbons (Fsp3) is 1.00. The lowest BCUT2D eigenvalue weighted by Gasteiger charge is -2.25. The number of nitrogens with one attached hydrogen (secondary N) is 1. The van der Waals surface area contributed by atoms with Crippen molar-refractivity contribution in [2.75, 3.05) is 0 Å². The van der Waals surface area contributed by atoms with E-state index in [1.54, 1.807) is 0 Å². The van der Waals surface area contributed by atoms with Gasteiger partial charge in [-0.05, 0) is 26.7 Å². The Morgan fingerprint density at radius 2 is 1.56 bits per heavy atom. The van der Waals surface area contributed by atoms with Crippen molar-refractivity contribution in [1.29, 1.82) is 0 Å². The molecule has 0 amide bonds. The molecule has 2 heteroatoms. The normalized spacial score (nSPS) is 35.3. The molecule has 1 aliphatic heterocycles. The molecule has 0 aromatic carbocycles. The minimum absolute atomic E-state index is 0. The summed E-state index contributed by atoms with van der Waals surface area (Å²) in [7, 11) is 0. The molecule has 1 heterocycles. The van der Waals surface area contributed by atoms with Crippen LogP contribution in [0.3, 0.4) is 0 Å². The van der Waals surface area contributed by atoms with E-state index in [1.165, 1.54) is 19.3 Å². The number of piperidine rings is 1. The monoisotopic (exact) mass is 149 g/mol. The molecule has 1 nitrogen and oxygen atoms in total. The molecule has 0 bridgehead atoms. The fourth-order valence-corrected chi connectivity index (χ4v) is 1.38. The summed E-state index contributed by atoms with van der Waals surface area (Å²) in [6.07, 6.45) is 4.14. The molecule has 1 fully saturated rings. The number of halogens is 1. The zero-order valence-corrected chi connectivity index (χ0v) is 7.00. The Balaban J connectivity index is 0.000000640. The van der Waals surface area contributed by atoms with Crippen LogP contribution in [0.15, 0.2) is 0 Å². The van der Waals surface area contributed by atoms with E-state index < -0.39 is 0 Å². The minimum Gasteiger partial charge on any atom is -0.312 e. The van der Waals surface area contributed by atoms with E-state index in [4.69, 9.17) is 0 Å². The van der Waals surface area contributed by atoms with Crippen LogP contribution >= 0.6 is 12.4 Å². The van der Waals surface area contributed by atoms with Crippen molar-refractivity contribution < 1.29 is 0 Å². The van der Waals surface area contributed by atoms with Crippen molar-refractivity contribution in [3.63, 3.8) is 0 Å². The van der Waals surface area contributed by atoms with Gasteiger partial charge in [0.05, 0.1) is 0 Å². The average molecular weight is 150 g/mol. The van der Waals surface area contributed by atoms with Crippen molar-refractivity contribution in [2.24, 2.45) is 0 Å². The topological polar surface area (TPSA) is 12.0 Å². The van der Waals surface area contributed by atoms with Crippen LogP contribution in [0.5, 0.6) is 0 Å². The first-order valence-corrected chi connectivity index (χ1v) is 3.55. The summed E-state index contributed by atoms with van der Waals surface area (Å²) in [6, 6.07) is 1.53. The van der Waals surface area contributed by atoms with Gasteiger partial charge in [0.25, 0.3) is 0 Å². The maximum absolute atomic E-state index is 3.48. The molecule has 56 valence electrons. The first-order chi connectivity index (χ1) is 3.79. The van der Waals surface area contributed by atoms with Crippen LogP contribution in [-0.4, -0.2) is 12.1 Å². The first-order valence-electron chi connectivity index (χ1n) is 3.55.